The maximum absolute atomic E-state index is 14.6. The first-order chi connectivity index (χ1) is 12.7. The van der Waals surface area contributed by atoms with Crippen LogP contribution in [0.3, 0.4) is 0 Å². The van der Waals surface area contributed by atoms with Crippen molar-refractivity contribution in [1.29, 1.82) is 0 Å². The van der Waals surface area contributed by atoms with Gasteiger partial charge in [0.25, 0.3) is 5.56 Å². The molecule has 0 unspecified atom stereocenters. The van der Waals surface area contributed by atoms with E-state index >= 15 is 0 Å². The van der Waals surface area contributed by atoms with E-state index < -0.39 is 5.82 Å². The second-order valence-corrected chi connectivity index (χ2v) is 7.61. The van der Waals surface area contributed by atoms with Crippen molar-refractivity contribution < 1.29 is 4.39 Å². The van der Waals surface area contributed by atoms with Crippen LogP contribution in [0.5, 0.6) is 0 Å². The predicted octanol–water partition coefficient (Wildman–Crippen LogP) is 4.47. The van der Waals surface area contributed by atoms with Crippen LogP contribution in [0, 0.1) is 12.7 Å². The Labute approximate surface area is 163 Å². The summed E-state index contributed by atoms with van der Waals surface area (Å²) in [4.78, 5) is 14.9. The zero-order valence-electron chi connectivity index (χ0n) is 16.5. The zero-order valence-corrected chi connectivity index (χ0v) is 17.2. The van der Waals surface area contributed by atoms with Gasteiger partial charge in [0, 0.05) is 31.9 Å². The quantitative estimate of drug-likeness (QED) is 0.660. The molecule has 0 amide bonds. The Morgan fingerprint density at radius 2 is 1.93 bits per heavy atom. The minimum absolute atomic E-state index is 0.146. The summed E-state index contributed by atoms with van der Waals surface area (Å²) in [6.45, 7) is 8.27. The van der Waals surface area contributed by atoms with Crippen LogP contribution in [0.2, 0.25) is 5.02 Å². The maximum atomic E-state index is 14.6. The summed E-state index contributed by atoms with van der Waals surface area (Å²) in [6.07, 6.45) is 0. The maximum Gasteiger partial charge on any atom is 0.278 e. The molecule has 0 saturated heterocycles. The number of hydrogen-bond acceptors (Lipinski definition) is 3. The normalized spacial score (nSPS) is 11.6. The third-order valence-electron chi connectivity index (χ3n) is 4.78. The topological polar surface area (TPSA) is 42.5 Å². The van der Waals surface area contributed by atoms with E-state index in [2.05, 4.69) is 5.10 Å². The van der Waals surface area contributed by atoms with Gasteiger partial charge in [-0.2, -0.15) is 0 Å². The molecule has 0 N–H and O–H groups in total. The van der Waals surface area contributed by atoms with Gasteiger partial charge in [0.1, 0.15) is 11.3 Å². The van der Waals surface area contributed by atoms with Gasteiger partial charge in [-0.25, -0.2) is 8.91 Å². The Morgan fingerprint density at radius 1 is 1.26 bits per heavy atom. The molecule has 27 heavy (non-hydrogen) atoms. The zero-order chi connectivity index (χ0) is 20.0. The van der Waals surface area contributed by atoms with Crippen LogP contribution >= 0.6 is 11.6 Å². The second kappa shape index (κ2) is 7.00. The lowest BCUT2D eigenvalue weighted by atomic mass is 10.1. The molecule has 0 radical (unpaired) electrons. The lowest BCUT2D eigenvalue weighted by molar-refractivity contribution is 0.625. The minimum Gasteiger partial charge on any atom is -0.375 e. The molecule has 3 rings (SSSR count). The lowest BCUT2D eigenvalue weighted by Gasteiger charge is -2.17. The molecular weight excluding hydrogens is 367 g/mol. The average Bonchev–Trinajstić information content (AvgIpc) is 2.93. The highest BCUT2D eigenvalue weighted by Gasteiger charge is 2.21. The molecule has 2 aromatic heterocycles. The van der Waals surface area contributed by atoms with Gasteiger partial charge in [0.2, 0.25) is 0 Å². The van der Waals surface area contributed by atoms with E-state index in [1.54, 1.807) is 34.1 Å². The third-order valence-corrected chi connectivity index (χ3v) is 5.09. The fourth-order valence-corrected chi connectivity index (χ4v) is 3.59. The van der Waals surface area contributed by atoms with E-state index in [-0.39, 0.29) is 11.5 Å². The number of anilines is 1. The summed E-state index contributed by atoms with van der Waals surface area (Å²) in [6, 6.07) is 4.89. The van der Waals surface area contributed by atoms with Crippen molar-refractivity contribution >= 4 is 22.8 Å². The van der Waals surface area contributed by atoms with Crippen molar-refractivity contribution in [3.05, 3.63) is 50.7 Å². The first kappa shape index (κ1) is 19.4. The van der Waals surface area contributed by atoms with Crippen molar-refractivity contribution in [2.45, 2.75) is 40.2 Å². The van der Waals surface area contributed by atoms with Gasteiger partial charge in [-0.3, -0.25) is 9.36 Å². The molecule has 0 aliphatic rings. The van der Waals surface area contributed by atoms with E-state index in [4.69, 9.17) is 11.6 Å². The molecule has 144 valence electrons. The molecule has 2 heterocycles. The van der Waals surface area contributed by atoms with Crippen molar-refractivity contribution in [2.75, 3.05) is 19.0 Å². The van der Waals surface area contributed by atoms with E-state index in [1.165, 1.54) is 6.07 Å². The summed E-state index contributed by atoms with van der Waals surface area (Å²) in [7, 11) is 3.49. The number of benzene rings is 1. The fraction of sp³-hybridized carbons (Fsp3) is 0.400. The number of nitrogens with zero attached hydrogens (tertiary/aromatic N) is 4. The highest BCUT2D eigenvalue weighted by atomic mass is 35.5. The van der Waals surface area contributed by atoms with Crippen LogP contribution < -0.4 is 10.5 Å². The second-order valence-electron chi connectivity index (χ2n) is 7.21. The number of halogens is 2. The van der Waals surface area contributed by atoms with E-state index in [1.807, 2.05) is 33.8 Å². The van der Waals surface area contributed by atoms with E-state index in [9.17, 15) is 9.18 Å². The van der Waals surface area contributed by atoms with Crippen LogP contribution in [0.1, 0.15) is 37.9 Å². The Kier molecular flexibility index (Phi) is 5.04. The molecule has 0 spiro atoms. The molecule has 5 nitrogen and oxygen atoms in total. The molecule has 3 aromatic rings. The van der Waals surface area contributed by atoms with Crippen LogP contribution in [-0.4, -0.2) is 28.3 Å². The fourth-order valence-electron chi connectivity index (χ4n) is 3.35. The van der Waals surface area contributed by atoms with Crippen molar-refractivity contribution in [3.8, 4) is 11.4 Å². The molecule has 0 bridgehead atoms. The minimum atomic E-state index is -0.413. The summed E-state index contributed by atoms with van der Waals surface area (Å²) < 4.78 is 17.8. The number of rotatable bonds is 4. The van der Waals surface area contributed by atoms with Gasteiger partial charge < -0.3 is 4.90 Å². The Balaban J connectivity index is 2.38. The number of aromatic nitrogens is 3. The van der Waals surface area contributed by atoms with Gasteiger partial charge in [0.05, 0.1) is 10.7 Å². The van der Waals surface area contributed by atoms with Gasteiger partial charge in [-0.15, -0.1) is 5.10 Å². The molecule has 0 saturated carbocycles. The monoisotopic (exact) mass is 390 g/mol. The lowest BCUT2D eigenvalue weighted by Crippen LogP contribution is -2.26. The first-order valence-electron chi connectivity index (χ1n) is 8.97. The van der Waals surface area contributed by atoms with E-state index in [0.717, 1.165) is 11.3 Å². The highest BCUT2D eigenvalue weighted by Crippen LogP contribution is 2.33. The smallest absolute Gasteiger partial charge is 0.278 e. The largest absolute Gasteiger partial charge is 0.375 e. The summed E-state index contributed by atoms with van der Waals surface area (Å²) in [5, 5.41) is 5.02. The average molecular weight is 391 g/mol. The van der Waals surface area contributed by atoms with Crippen LogP contribution in [-0.2, 0) is 6.54 Å². The Bertz CT molecular complexity index is 1080. The summed E-state index contributed by atoms with van der Waals surface area (Å²) >= 11 is 6.45. The number of fused-ring (bicyclic) bond motifs is 1. The molecule has 7 heteroatoms. The number of aryl methyl sites for hydroxylation is 1. The SMILES string of the molecule is CCn1c(-c2cc(F)c(N(C)C)cc2Cl)nn2c(C)cc(C(C)C)c2c1=O. The molecule has 0 fully saturated rings. The van der Waals surface area contributed by atoms with Gasteiger partial charge in [-0.05, 0) is 43.5 Å². The number of hydrogen-bond donors (Lipinski definition) is 0. The summed E-state index contributed by atoms with van der Waals surface area (Å²) in [5.74, 6) is 0.140. The van der Waals surface area contributed by atoms with Crippen molar-refractivity contribution in [3.63, 3.8) is 0 Å². The molecular formula is C20H24ClFN4O. The van der Waals surface area contributed by atoms with Gasteiger partial charge >= 0.3 is 0 Å². The van der Waals surface area contributed by atoms with Crippen molar-refractivity contribution in [2.24, 2.45) is 0 Å². The molecule has 0 aliphatic heterocycles. The van der Waals surface area contributed by atoms with E-state index in [0.29, 0.717) is 34.2 Å². The van der Waals surface area contributed by atoms with Crippen LogP contribution in [0.4, 0.5) is 10.1 Å². The highest BCUT2D eigenvalue weighted by molar-refractivity contribution is 6.33. The first-order valence-corrected chi connectivity index (χ1v) is 9.34. The summed E-state index contributed by atoms with van der Waals surface area (Å²) in [5.41, 5.74) is 3.02. The Morgan fingerprint density at radius 3 is 2.48 bits per heavy atom. The van der Waals surface area contributed by atoms with Crippen LogP contribution in [0.15, 0.2) is 23.0 Å². The Hall–Kier alpha value is -2.34. The van der Waals surface area contributed by atoms with Crippen LogP contribution in [0.25, 0.3) is 16.9 Å². The van der Waals surface area contributed by atoms with Gasteiger partial charge in [-0.1, -0.05) is 25.4 Å². The molecule has 0 atom stereocenters. The van der Waals surface area contributed by atoms with Gasteiger partial charge in [0.15, 0.2) is 5.82 Å². The third kappa shape index (κ3) is 3.12. The standard InChI is InChI=1S/C20H24ClFN4O/c1-7-25-19(14-9-16(22)17(24(5)6)10-15(14)21)23-26-12(4)8-13(11(2)3)18(26)20(25)27/h8-11H,7H2,1-6H3. The van der Waals surface area contributed by atoms with Crippen molar-refractivity contribution in [1.82, 2.24) is 14.2 Å². The predicted molar refractivity (Wildman–Crippen MR) is 109 cm³/mol. The molecule has 1 aromatic carbocycles. The molecule has 0 aliphatic carbocycles.